The highest BCUT2D eigenvalue weighted by molar-refractivity contribution is 7.98. The van der Waals surface area contributed by atoms with E-state index in [1.165, 1.54) is 24.3 Å². The molecule has 0 radical (unpaired) electrons. The van der Waals surface area contributed by atoms with Gasteiger partial charge in [0.15, 0.2) is 0 Å². The topological polar surface area (TPSA) is 0 Å². The normalized spacial score (nSPS) is 10.1. The molecule has 3 aromatic carbocycles. The van der Waals surface area contributed by atoms with Crippen molar-refractivity contribution in [3.8, 4) is 23.7 Å². The zero-order chi connectivity index (χ0) is 22.2. The van der Waals surface area contributed by atoms with Crippen LogP contribution in [-0.4, -0.2) is 6.26 Å². The maximum atomic E-state index is 14.4. The molecule has 156 valence electrons. The van der Waals surface area contributed by atoms with Crippen molar-refractivity contribution >= 4 is 11.8 Å². The summed E-state index contributed by atoms with van der Waals surface area (Å²) >= 11 is 1.64. The molecule has 0 aromatic heterocycles. The molecular formula is C27H21F3S. The molecule has 0 bridgehead atoms. The van der Waals surface area contributed by atoms with E-state index in [0.29, 0.717) is 17.5 Å². The van der Waals surface area contributed by atoms with E-state index in [0.717, 1.165) is 23.3 Å². The lowest BCUT2D eigenvalue weighted by molar-refractivity contribution is 0.572. The molecule has 31 heavy (non-hydrogen) atoms. The number of thioether (sulfide) groups is 1. The molecule has 0 spiro atoms. The van der Waals surface area contributed by atoms with Crippen LogP contribution in [0.25, 0.3) is 0 Å². The molecule has 0 saturated carbocycles. The van der Waals surface area contributed by atoms with Crippen LogP contribution in [-0.2, 0) is 6.42 Å². The minimum atomic E-state index is -0.700. The van der Waals surface area contributed by atoms with E-state index < -0.39 is 17.5 Å². The number of hydrogen-bond acceptors (Lipinski definition) is 1. The van der Waals surface area contributed by atoms with E-state index in [1.54, 1.807) is 17.8 Å². The SMILES string of the molecule is CCCCc1cc(F)c(C#Cc2ccc(C#Cc3ccc(SC)cc3)c(F)c2)c(F)c1. The number of halogens is 3. The Kier molecular flexibility index (Phi) is 7.88. The van der Waals surface area contributed by atoms with E-state index >= 15 is 0 Å². The second-order valence-electron chi connectivity index (χ2n) is 6.96. The van der Waals surface area contributed by atoms with Crippen molar-refractivity contribution in [3.63, 3.8) is 0 Å². The van der Waals surface area contributed by atoms with Gasteiger partial charge in [-0.15, -0.1) is 11.8 Å². The Balaban J connectivity index is 1.79. The van der Waals surface area contributed by atoms with E-state index in [1.807, 2.05) is 37.4 Å². The van der Waals surface area contributed by atoms with E-state index in [2.05, 4.69) is 23.7 Å². The van der Waals surface area contributed by atoms with Gasteiger partial charge in [0.05, 0.1) is 11.1 Å². The predicted molar refractivity (Wildman–Crippen MR) is 122 cm³/mol. The Bertz CT molecular complexity index is 1170. The largest absolute Gasteiger partial charge is 0.206 e. The summed E-state index contributed by atoms with van der Waals surface area (Å²) in [7, 11) is 0. The van der Waals surface area contributed by atoms with Gasteiger partial charge < -0.3 is 0 Å². The lowest BCUT2D eigenvalue weighted by atomic mass is 10.0. The van der Waals surface area contributed by atoms with Crippen LogP contribution >= 0.6 is 11.8 Å². The predicted octanol–water partition coefficient (Wildman–Crippen LogP) is 6.97. The highest BCUT2D eigenvalue weighted by Gasteiger charge is 2.09. The average molecular weight is 435 g/mol. The maximum absolute atomic E-state index is 14.4. The molecule has 0 aliphatic heterocycles. The van der Waals surface area contributed by atoms with Gasteiger partial charge in [0.25, 0.3) is 0 Å². The van der Waals surface area contributed by atoms with Crippen molar-refractivity contribution in [2.45, 2.75) is 31.1 Å². The van der Waals surface area contributed by atoms with Crippen molar-refractivity contribution in [1.82, 2.24) is 0 Å². The molecule has 0 aliphatic rings. The number of aryl methyl sites for hydroxylation is 1. The summed E-state index contributed by atoms with van der Waals surface area (Å²) < 4.78 is 42.9. The molecule has 0 atom stereocenters. The number of unbranched alkanes of at least 4 members (excludes halogenated alkanes) is 1. The van der Waals surface area contributed by atoms with Crippen molar-refractivity contribution in [2.24, 2.45) is 0 Å². The van der Waals surface area contributed by atoms with Crippen LogP contribution in [0.1, 0.15) is 47.6 Å². The summed E-state index contributed by atoms with van der Waals surface area (Å²) in [5.74, 6) is 8.94. The molecule has 0 nitrogen and oxygen atoms in total. The lowest BCUT2D eigenvalue weighted by Crippen LogP contribution is -1.95. The van der Waals surface area contributed by atoms with Crippen molar-refractivity contribution in [2.75, 3.05) is 6.26 Å². The van der Waals surface area contributed by atoms with Gasteiger partial charge in [0, 0.05) is 16.0 Å². The Morgan fingerprint density at radius 2 is 1.39 bits per heavy atom. The fraction of sp³-hybridized carbons (Fsp3) is 0.185. The molecule has 0 amide bonds. The van der Waals surface area contributed by atoms with Crippen LogP contribution in [0.5, 0.6) is 0 Å². The second kappa shape index (κ2) is 10.8. The van der Waals surface area contributed by atoms with Crippen LogP contribution in [0, 0.1) is 41.1 Å². The third-order valence-electron chi connectivity index (χ3n) is 4.65. The van der Waals surface area contributed by atoms with E-state index in [9.17, 15) is 13.2 Å². The first-order valence-corrected chi connectivity index (χ1v) is 11.2. The van der Waals surface area contributed by atoms with E-state index in [4.69, 9.17) is 0 Å². The third kappa shape index (κ3) is 6.20. The van der Waals surface area contributed by atoms with Gasteiger partial charge in [-0.1, -0.05) is 37.0 Å². The van der Waals surface area contributed by atoms with Crippen molar-refractivity contribution in [3.05, 3.63) is 99.9 Å². The molecule has 0 saturated heterocycles. The third-order valence-corrected chi connectivity index (χ3v) is 5.40. The first kappa shape index (κ1) is 22.6. The Hall–Kier alpha value is -3.08. The summed E-state index contributed by atoms with van der Waals surface area (Å²) in [5, 5.41) is 0. The summed E-state index contributed by atoms with van der Waals surface area (Å²) in [5.41, 5.74) is 1.64. The lowest BCUT2D eigenvalue weighted by Gasteiger charge is -2.03. The fourth-order valence-corrected chi connectivity index (χ4v) is 3.32. The first-order chi connectivity index (χ1) is 15.0. The molecule has 0 N–H and O–H groups in total. The Morgan fingerprint density at radius 3 is 2.00 bits per heavy atom. The van der Waals surface area contributed by atoms with Crippen LogP contribution < -0.4 is 0 Å². The minimum Gasteiger partial charge on any atom is -0.206 e. The minimum absolute atomic E-state index is 0.233. The monoisotopic (exact) mass is 434 g/mol. The number of rotatable bonds is 4. The Morgan fingerprint density at radius 1 is 0.742 bits per heavy atom. The van der Waals surface area contributed by atoms with Crippen molar-refractivity contribution in [1.29, 1.82) is 0 Å². The molecule has 0 unspecified atom stereocenters. The quantitative estimate of drug-likeness (QED) is 0.316. The number of hydrogen-bond donors (Lipinski definition) is 0. The molecule has 0 fully saturated rings. The van der Waals surface area contributed by atoms with Crippen molar-refractivity contribution < 1.29 is 13.2 Å². The van der Waals surface area contributed by atoms with Crippen LogP contribution in [0.3, 0.4) is 0 Å². The van der Waals surface area contributed by atoms with E-state index in [-0.39, 0.29) is 11.1 Å². The summed E-state index contributed by atoms with van der Waals surface area (Å²) in [6, 6.07) is 14.6. The molecular weight excluding hydrogens is 413 g/mol. The molecule has 0 heterocycles. The van der Waals surface area contributed by atoms with Gasteiger partial charge >= 0.3 is 0 Å². The summed E-state index contributed by atoms with van der Waals surface area (Å²) in [4.78, 5) is 1.13. The second-order valence-corrected chi connectivity index (χ2v) is 7.84. The zero-order valence-electron chi connectivity index (χ0n) is 17.4. The number of benzene rings is 3. The molecule has 0 aliphatic carbocycles. The fourth-order valence-electron chi connectivity index (χ4n) is 2.91. The summed E-state index contributed by atoms with van der Waals surface area (Å²) in [6.45, 7) is 2.02. The van der Waals surface area contributed by atoms with Gasteiger partial charge in [-0.3, -0.25) is 0 Å². The standard InChI is InChI=1S/C27H21F3S/c1-3-4-5-21-17-26(29)24(27(30)18-21)15-10-20-7-12-22(25(28)16-20)11-6-19-8-13-23(31-2)14-9-19/h7-9,12-14,16-18H,3-5H2,1-2H3. The maximum Gasteiger partial charge on any atom is 0.142 e. The summed E-state index contributed by atoms with van der Waals surface area (Å²) in [6.07, 6.45) is 4.42. The average Bonchev–Trinajstić information content (AvgIpc) is 2.77. The smallest absolute Gasteiger partial charge is 0.142 e. The van der Waals surface area contributed by atoms with Crippen LogP contribution in [0.2, 0.25) is 0 Å². The van der Waals surface area contributed by atoms with Gasteiger partial charge in [0.2, 0.25) is 0 Å². The van der Waals surface area contributed by atoms with Gasteiger partial charge in [-0.2, -0.15) is 0 Å². The highest BCUT2D eigenvalue weighted by Crippen LogP contribution is 2.17. The van der Waals surface area contributed by atoms with Crippen LogP contribution in [0.4, 0.5) is 13.2 Å². The van der Waals surface area contributed by atoms with Gasteiger partial charge in [-0.25, -0.2) is 13.2 Å². The van der Waals surface area contributed by atoms with Crippen LogP contribution in [0.15, 0.2) is 59.5 Å². The zero-order valence-corrected chi connectivity index (χ0v) is 18.2. The molecule has 4 heteroatoms. The molecule has 3 rings (SSSR count). The first-order valence-electron chi connectivity index (χ1n) is 9.95. The molecule has 3 aromatic rings. The highest BCUT2D eigenvalue weighted by atomic mass is 32.2. The Labute approximate surface area is 185 Å². The van der Waals surface area contributed by atoms with Gasteiger partial charge in [-0.05, 0) is 79.3 Å². The van der Waals surface area contributed by atoms with Gasteiger partial charge in [0.1, 0.15) is 17.5 Å².